The highest BCUT2D eigenvalue weighted by molar-refractivity contribution is 9.10. The summed E-state index contributed by atoms with van der Waals surface area (Å²) >= 11 is 3.09. The lowest BCUT2D eigenvalue weighted by molar-refractivity contribution is -0.385. The molecule has 16 heavy (non-hydrogen) atoms. The van der Waals surface area contributed by atoms with Crippen LogP contribution in [0.15, 0.2) is 22.7 Å². The summed E-state index contributed by atoms with van der Waals surface area (Å²) in [5.74, 6) is 0. The Morgan fingerprint density at radius 2 is 2.19 bits per heavy atom. The molecule has 1 rings (SSSR count). The Balaban J connectivity index is 0.00000225. The van der Waals surface area contributed by atoms with Crippen molar-refractivity contribution >= 4 is 34.0 Å². The van der Waals surface area contributed by atoms with Crippen LogP contribution in [0.25, 0.3) is 0 Å². The molecule has 0 spiro atoms. The maximum atomic E-state index is 10.6. The number of hydrogen-bond acceptors (Lipinski definition) is 4. The van der Waals surface area contributed by atoms with E-state index in [1.807, 2.05) is 0 Å². The van der Waals surface area contributed by atoms with Crippen LogP contribution in [0.1, 0.15) is 18.0 Å². The molecular weight excluding hydrogens is 299 g/mol. The summed E-state index contributed by atoms with van der Waals surface area (Å²) < 4.78 is 0.424. The van der Waals surface area contributed by atoms with Crippen molar-refractivity contribution in [2.45, 2.75) is 12.5 Å². The highest BCUT2D eigenvalue weighted by Gasteiger charge is 2.15. The van der Waals surface area contributed by atoms with Gasteiger partial charge in [0.1, 0.15) is 0 Å². The van der Waals surface area contributed by atoms with Gasteiger partial charge in [-0.15, -0.1) is 12.4 Å². The number of nitro benzene ring substituents is 1. The van der Waals surface area contributed by atoms with Crippen LogP contribution in [0.2, 0.25) is 0 Å². The fourth-order valence-electron chi connectivity index (χ4n) is 1.21. The van der Waals surface area contributed by atoms with Crippen molar-refractivity contribution in [1.82, 2.24) is 0 Å². The second-order valence-electron chi connectivity index (χ2n) is 3.09. The fraction of sp³-hybridized carbons (Fsp3) is 0.333. The Kier molecular flexibility index (Phi) is 6.51. The lowest BCUT2D eigenvalue weighted by Crippen LogP contribution is -2.12. The smallest absolute Gasteiger partial charge is 0.283 e. The second-order valence-corrected chi connectivity index (χ2v) is 3.94. The quantitative estimate of drug-likeness (QED) is 0.658. The number of nitrogens with zero attached hydrogens (tertiary/aromatic N) is 1. The molecule has 5 nitrogen and oxygen atoms in total. The zero-order chi connectivity index (χ0) is 11.4. The fourth-order valence-corrected chi connectivity index (χ4v) is 1.60. The van der Waals surface area contributed by atoms with Crippen LogP contribution in [0.5, 0.6) is 0 Å². The highest BCUT2D eigenvalue weighted by Crippen LogP contribution is 2.28. The summed E-state index contributed by atoms with van der Waals surface area (Å²) in [6.07, 6.45) is 0.388. The van der Waals surface area contributed by atoms with Gasteiger partial charge in [-0.05, 0) is 34.0 Å². The molecule has 1 aromatic rings. The zero-order valence-electron chi connectivity index (χ0n) is 8.30. The minimum absolute atomic E-state index is 0. The Morgan fingerprint density at radius 3 is 2.69 bits per heavy atom. The molecule has 0 bridgehead atoms. The first-order chi connectivity index (χ1) is 7.06. The molecule has 0 aliphatic carbocycles. The van der Waals surface area contributed by atoms with Crippen LogP contribution in [-0.2, 0) is 0 Å². The zero-order valence-corrected chi connectivity index (χ0v) is 10.7. The van der Waals surface area contributed by atoms with Gasteiger partial charge >= 0.3 is 0 Å². The van der Waals surface area contributed by atoms with Crippen LogP contribution in [0.3, 0.4) is 0 Å². The van der Waals surface area contributed by atoms with Crippen LogP contribution in [-0.4, -0.2) is 16.6 Å². The molecule has 0 heterocycles. The Labute approximate surface area is 107 Å². The summed E-state index contributed by atoms with van der Waals surface area (Å²) in [5, 5.41) is 19.3. The van der Waals surface area contributed by atoms with Gasteiger partial charge < -0.3 is 10.8 Å². The van der Waals surface area contributed by atoms with Gasteiger partial charge in [-0.25, -0.2) is 0 Å². The Bertz CT molecular complexity index is 376. The Morgan fingerprint density at radius 1 is 1.56 bits per heavy atom. The van der Waals surface area contributed by atoms with Crippen molar-refractivity contribution in [3.63, 3.8) is 0 Å². The molecule has 7 heteroatoms. The number of aliphatic hydroxyl groups excluding tert-OH is 1. The van der Waals surface area contributed by atoms with Gasteiger partial charge in [0.2, 0.25) is 0 Å². The van der Waals surface area contributed by atoms with Crippen molar-refractivity contribution in [2.75, 3.05) is 6.61 Å². The standard InChI is InChI=1S/C9H11BrN2O3.ClH/c10-7-2-1-6(8(11)3-4-13)5-9(7)12(14)15;/h1-2,5,8,13H,3-4,11H2;1H/t8-;/m0./s1. The number of hydrogen-bond donors (Lipinski definition) is 2. The number of benzene rings is 1. The maximum Gasteiger partial charge on any atom is 0.283 e. The van der Waals surface area contributed by atoms with Gasteiger partial charge in [-0.3, -0.25) is 10.1 Å². The van der Waals surface area contributed by atoms with Crippen LogP contribution >= 0.6 is 28.3 Å². The third-order valence-corrected chi connectivity index (χ3v) is 2.71. The lowest BCUT2D eigenvalue weighted by atomic mass is 10.0. The first-order valence-corrected chi connectivity index (χ1v) is 5.16. The molecular formula is C9H12BrClN2O3. The minimum atomic E-state index is -0.473. The third-order valence-electron chi connectivity index (χ3n) is 2.04. The maximum absolute atomic E-state index is 10.6. The molecule has 0 unspecified atom stereocenters. The van der Waals surface area contributed by atoms with E-state index in [2.05, 4.69) is 15.9 Å². The van der Waals surface area contributed by atoms with Gasteiger partial charge in [0.15, 0.2) is 0 Å². The lowest BCUT2D eigenvalue weighted by Gasteiger charge is -2.10. The molecule has 0 amide bonds. The van der Waals surface area contributed by atoms with Gasteiger partial charge in [0.25, 0.3) is 5.69 Å². The molecule has 3 N–H and O–H groups in total. The van der Waals surface area contributed by atoms with Gasteiger partial charge in [-0.1, -0.05) is 6.07 Å². The SMILES string of the molecule is Cl.N[C@@H](CCO)c1ccc(Br)c([N+](=O)[O-])c1. The van der Waals surface area contributed by atoms with E-state index >= 15 is 0 Å². The first kappa shape index (κ1) is 15.3. The van der Waals surface area contributed by atoms with Crippen LogP contribution in [0, 0.1) is 10.1 Å². The van der Waals surface area contributed by atoms with E-state index in [9.17, 15) is 10.1 Å². The van der Waals surface area contributed by atoms with Crippen molar-refractivity contribution in [3.8, 4) is 0 Å². The van der Waals surface area contributed by atoms with Crippen LogP contribution < -0.4 is 5.73 Å². The number of nitro groups is 1. The van der Waals surface area contributed by atoms with Crippen LogP contribution in [0.4, 0.5) is 5.69 Å². The van der Waals surface area contributed by atoms with Crippen molar-refractivity contribution < 1.29 is 10.0 Å². The minimum Gasteiger partial charge on any atom is -0.396 e. The average molecular weight is 312 g/mol. The van der Waals surface area contributed by atoms with Crippen molar-refractivity contribution in [1.29, 1.82) is 0 Å². The molecule has 0 radical (unpaired) electrons. The summed E-state index contributed by atoms with van der Waals surface area (Å²) in [6, 6.07) is 4.34. The van der Waals surface area contributed by atoms with Crippen molar-refractivity contribution in [2.24, 2.45) is 5.73 Å². The van der Waals surface area contributed by atoms with Gasteiger partial charge in [0, 0.05) is 18.7 Å². The molecule has 0 aliphatic rings. The average Bonchev–Trinajstić information content (AvgIpc) is 2.18. The predicted molar refractivity (Wildman–Crippen MR) is 66.7 cm³/mol. The number of nitrogens with two attached hydrogens (primary N) is 1. The monoisotopic (exact) mass is 310 g/mol. The molecule has 0 saturated carbocycles. The third kappa shape index (κ3) is 3.71. The van der Waals surface area contributed by atoms with E-state index < -0.39 is 4.92 Å². The molecule has 0 aromatic heterocycles. The summed E-state index contributed by atoms with van der Waals surface area (Å²) in [4.78, 5) is 10.2. The van der Waals surface area contributed by atoms with Crippen molar-refractivity contribution in [3.05, 3.63) is 38.3 Å². The molecule has 0 fully saturated rings. The van der Waals surface area contributed by atoms with Gasteiger partial charge in [0.05, 0.1) is 9.40 Å². The largest absolute Gasteiger partial charge is 0.396 e. The predicted octanol–water partition coefficient (Wildman–Crippen LogP) is 2.16. The highest BCUT2D eigenvalue weighted by atomic mass is 79.9. The summed E-state index contributed by atoms with van der Waals surface area (Å²) in [7, 11) is 0. The molecule has 1 atom stereocenters. The molecule has 1 aromatic carbocycles. The van der Waals surface area contributed by atoms with Gasteiger partial charge in [-0.2, -0.15) is 0 Å². The van der Waals surface area contributed by atoms with E-state index in [0.29, 0.717) is 16.5 Å². The van der Waals surface area contributed by atoms with E-state index in [4.69, 9.17) is 10.8 Å². The first-order valence-electron chi connectivity index (χ1n) is 4.36. The summed E-state index contributed by atoms with van der Waals surface area (Å²) in [5.41, 5.74) is 6.37. The van der Waals surface area contributed by atoms with E-state index in [0.717, 1.165) is 0 Å². The Hall–Kier alpha value is -0.690. The number of rotatable bonds is 4. The number of aliphatic hydroxyl groups is 1. The molecule has 0 aliphatic heterocycles. The van der Waals surface area contributed by atoms with E-state index in [1.54, 1.807) is 12.1 Å². The normalized spacial score (nSPS) is 11.7. The molecule has 90 valence electrons. The van der Waals surface area contributed by atoms with E-state index in [1.165, 1.54) is 6.07 Å². The van der Waals surface area contributed by atoms with E-state index in [-0.39, 0.29) is 30.7 Å². The summed E-state index contributed by atoms with van der Waals surface area (Å²) in [6.45, 7) is -0.0367. The topological polar surface area (TPSA) is 89.4 Å². The second kappa shape index (κ2) is 6.80. The molecule has 0 saturated heterocycles. The number of halogens is 2.